The van der Waals surface area contributed by atoms with Gasteiger partial charge in [0.1, 0.15) is 31.7 Å². The third kappa shape index (κ3) is 8.98. The number of benzene rings is 7. The Balaban J connectivity index is 1.19. The van der Waals surface area contributed by atoms with Gasteiger partial charge < -0.3 is 21.7 Å². The normalized spacial score (nSPS) is 12.6. The first-order valence-electron chi connectivity index (χ1n) is 17.4. The van der Waals surface area contributed by atoms with E-state index < -0.39 is 95.0 Å². The Kier molecular flexibility index (Phi) is 11.2. The van der Waals surface area contributed by atoms with Crippen molar-refractivity contribution in [3.8, 4) is 22.6 Å². The first-order chi connectivity index (χ1) is 29.6. The lowest BCUT2D eigenvalue weighted by Gasteiger charge is -2.14. The number of hydrogen-bond donors (Lipinski definition) is 7. The highest BCUT2D eigenvalue weighted by Gasteiger charge is 2.28. The summed E-state index contributed by atoms with van der Waals surface area (Å²) in [5.74, 6) is -1.55. The van der Waals surface area contributed by atoms with Crippen LogP contribution in [0.5, 0.6) is 11.5 Å². The molecular weight excluding hydrogens is 887 g/mol. The highest BCUT2D eigenvalue weighted by molar-refractivity contribution is 7.86. The van der Waals surface area contributed by atoms with Crippen LogP contribution in [0.4, 0.5) is 51.2 Å². The average Bonchev–Trinajstić information content (AvgIpc) is 3.22. The third-order valence-corrected chi connectivity index (χ3v) is 11.8. The Bertz CT molecular complexity index is 3480. The van der Waals surface area contributed by atoms with E-state index in [0.717, 1.165) is 30.3 Å². The van der Waals surface area contributed by atoms with Gasteiger partial charge in [-0.2, -0.15) is 40.6 Å². The molecule has 0 aliphatic carbocycles. The van der Waals surface area contributed by atoms with Crippen molar-refractivity contribution in [2.45, 2.75) is 14.7 Å². The molecule has 0 aliphatic heterocycles. The molecule has 0 saturated carbocycles. The van der Waals surface area contributed by atoms with Crippen molar-refractivity contribution in [1.82, 2.24) is 0 Å². The average molecular weight is 914 g/mol. The molecule has 0 radical (unpaired) electrons. The molecule has 7 rings (SSSR count). The van der Waals surface area contributed by atoms with Crippen LogP contribution in [-0.2, 0) is 30.4 Å². The standard InChI is InChI=1S/C38H27N9O13S3/c39-23-6-1-21-15-30(62(55,56)57)35(37(48)28(21)18-23)45-42-24-7-2-19(3-8-24)20-4-9-25(10-5-20)43-46-36-31(63(58,59)60)17-22-16-29(61(52,53)54)34(33(40)32(22)38(36)49)44-41-26-11-13-27(14-12-26)47(50)51/h1-18,48-49H,39-40H2,(H,52,53,54)(H,55,56,57)(H,58,59,60). The fourth-order valence-electron chi connectivity index (χ4n) is 6.16. The van der Waals surface area contributed by atoms with Crippen molar-refractivity contribution < 1.29 is 54.0 Å². The molecule has 0 bridgehead atoms. The van der Waals surface area contributed by atoms with E-state index in [1.165, 1.54) is 54.6 Å². The van der Waals surface area contributed by atoms with Crippen molar-refractivity contribution >= 4 is 103 Å². The first kappa shape index (κ1) is 43.3. The number of hydrogen-bond acceptors (Lipinski definition) is 18. The maximum absolute atomic E-state index is 12.5. The quantitative estimate of drug-likeness (QED) is 0.0209. The van der Waals surface area contributed by atoms with Gasteiger partial charge in [-0.15, -0.1) is 15.3 Å². The monoisotopic (exact) mass is 913 g/mol. The number of azo groups is 3. The summed E-state index contributed by atoms with van der Waals surface area (Å²) >= 11 is 0. The molecule has 63 heavy (non-hydrogen) atoms. The van der Waals surface area contributed by atoms with Gasteiger partial charge in [-0.3, -0.25) is 23.8 Å². The number of nitrogens with zero attached hydrogens (tertiary/aromatic N) is 7. The molecule has 320 valence electrons. The van der Waals surface area contributed by atoms with Crippen LogP contribution in [0.1, 0.15) is 0 Å². The molecule has 0 saturated heterocycles. The zero-order valence-electron chi connectivity index (χ0n) is 31.4. The predicted octanol–water partition coefficient (Wildman–Crippen LogP) is 9.13. The molecule has 0 aliphatic rings. The molecule has 0 atom stereocenters. The number of phenols is 2. The van der Waals surface area contributed by atoms with Crippen molar-refractivity contribution in [3.63, 3.8) is 0 Å². The van der Waals surface area contributed by atoms with E-state index in [0.29, 0.717) is 11.1 Å². The Morgan fingerprint density at radius 2 is 0.889 bits per heavy atom. The highest BCUT2D eigenvalue weighted by Crippen LogP contribution is 2.48. The summed E-state index contributed by atoms with van der Waals surface area (Å²) in [7, 11) is -15.2. The van der Waals surface area contributed by atoms with Crippen LogP contribution in [-0.4, -0.2) is 54.0 Å². The van der Waals surface area contributed by atoms with E-state index in [1.54, 1.807) is 24.3 Å². The van der Waals surface area contributed by atoms with E-state index in [4.69, 9.17) is 11.5 Å². The third-order valence-electron chi connectivity index (χ3n) is 9.15. The molecule has 7 aromatic rings. The van der Waals surface area contributed by atoms with Crippen molar-refractivity contribution in [3.05, 3.63) is 119 Å². The number of anilines is 2. The van der Waals surface area contributed by atoms with Crippen LogP contribution in [0.15, 0.2) is 155 Å². The summed E-state index contributed by atoms with van der Waals surface area (Å²) in [5.41, 5.74) is 11.0. The molecule has 22 nitrogen and oxygen atoms in total. The summed E-state index contributed by atoms with van der Waals surface area (Å²) in [6.45, 7) is 0. The van der Waals surface area contributed by atoms with Gasteiger partial charge in [0.25, 0.3) is 36.0 Å². The van der Waals surface area contributed by atoms with Gasteiger partial charge in [0.2, 0.25) is 0 Å². The molecule has 0 heterocycles. The number of nitro groups is 1. The molecule has 0 spiro atoms. The van der Waals surface area contributed by atoms with Gasteiger partial charge in [-0.1, -0.05) is 30.3 Å². The summed E-state index contributed by atoms with van der Waals surface area (Å²) in [5, 5.41) is 56.2. The minimum atomic E-state index is -5.19. The Labute approximate surface area is 354 Å². The number of phenolic OH excluding ortho intramolecular Hbond substituents is 2. The zero-order chi connectivity index (χ0) is 45.6. The van der Waals surface area contributed by atoms with Gasteiger partial charge >= 0.3 is 0 Å². The van der Waals surface area contributed by atoms with Gasteiger partial charge in [-0.25, -0.2) is 0 Å². The van der Waals surface area contributed by atoms with Crippen LogP contribution in [0, 0.1) is 10.1 Å². The van der Waals surface area contributed by atoms with Gasteiger partial charge in [-0.05, 0) is 88.6 Å². The van der Waals surface area contributed by atoms with E-state index >= 15 is 0 Å². The zero-order valence-corrected chi connectivity index (χ0v) is 33.9. The van der Waals surface area contributed by atoms with E-state index in [1.807, 2.05) is 0 Å². The van der Waals surface area contributed by atoms with Crippen LogP contribution < -0.4 is 11.5 Å². The topological polar surface area (TPSA) is 373 Å². The van der Waals surface area contributed by atoms with E-state index in [-0.39, 0.29) is 39.2 Å². The lowest BCUT2D eigenvalue weighted by Crippen LogP contribution is -2.03. The number of aromatic hydroxyl groups is 2. The fourth-order valence-corrected chi connectivity index (χ4v) is 8.15. The maximum atomic E-state index is 12.5. The second-order valence-electron chi connectivity index (χ2n) is 13.3. The Morgan fingerprint density at radius 3 is 1.33 bits per heavy atom. The smallest absolute Gasteiger partial charge is 0.296 e. The maximum Gasteiger partial charge on any atom is 0.296 e. The van der Waals surface area contributed by atoms with Crippen LogP contribution in [0.25, 0.3) is 32.7 Å². The largest absolute Gasteiger partial charge is 0.505 e. The summed E-state index contributed by atoms with van der Waals surface area (Å²) in [4.78, 5) is 7.68. The minimum absolute atomic E-state index is 0.00274. The second-order valence-corrected chi connectivity index (χ2v) is 17.4. The Morgan fingerprint density at radius 1 is 0.492 bits per heavy atom. The minimum Gasteiger partial charge on any atom is -0.505 e. The molecule has 0 aromatic heterocycles. The van der Waals surface area contributed by atoms with Gasteiger partial charge in [0.05, 0.1) is 33.1 Å². The molecule has 25 heteroatoms. The van der Waals surface area contributed by atoms with Crippen molar-refractivity contribution in [2.24, 2.45) is 30.7 Å². The number of rotatable bonds is 11. The lowest BCUT2D eigenvalue weighted by molar-refractivity contribution is -0.384. The summed E-state index contributed by atoms with van der Waals surface area (Å²) in [6, 6.07) is 24.0. The van der Waals surface area contributed by atoms with Crippen molar-refractivity contribution in [2.75, 3.05) is 11.5 Å². The van der Waals surface area contributed by atoms with Crippen LogP contribution >= 0.6 is 0 Å². The van der Waals surface area contributed by atoms with E-state index in [2.05, 4.69) is 30.7 Å². The molecular formula is C38H27N9O13S3. The number of nitrogen functional groups attached to an aromatic ring is 2. The first-order valence-corrected chi connectivity index (χ1v) is 21.7. The molecule has 9 N–H and O–H groups in total. The lowest BCUT2D eigenvalue weighted by atomic mass is 10.0. The SMILES string of the molecule is Nc1ccc2cc(S(=O)(=O)O)c(N=Nc3ccc(-c4ccc(N=Nc5c(S(=O)(=O)O)cc6cc(S(=O)(=O)O)c(N=Nc7ccc([N+](=O)[O-])cc7)c(N)c6c5O)cc4)cc3)c(O)c2c1. The summed E-state index contributed by atoms with van der Waals surface area (Å²) < 4.78 is 104. The molecule has 0 unspecified atom stereocenters. The number of nitrogens with two attached hydrogens (primary N) is 2. The highest BCUT2D eigenvalue weighted by atomic mass is 32.2. The van der Waals surface area contributed by atoms with Crippen molar-refractivity contribution in [1.29, 1.82) is 0 Å². The van der Waals surface area contributed by atoms with Gasteiger partial charge in [0, 0.05) is 23.2 Å². The van der Waals surface area contributed by atoms with E-state index in [9.17, 15) is 59.2 Å². The molecule has 0 amide bonds. The van der Waals surface area contributed by atoms with Crippen LogP contribution in [0.2, 0.25) is 0 Å². The Hall–Kier alpha value is -7.81. The number of non-ortho nitro benzene ring substituents is 1. The van der Waals surface area contributed by atoms with Gasteiger partial charge in [0.15, 0.2) is 11.5 Å². The predicted molar refractivity (Wildman–Crippen MR) is 227 cm³/mol. The number of nitro benzene ring substituents is 1. The molecule has 0 fully saturated rings. The van der Waals surface area contributed by atoms with Crippen LogP contribution in [0.3, 0.4) is 0 Å². The fraction of sp³-hybridized carbons (Fsp3) is 0. The second kappa shape index (κ2) is 16.2. The number of fused-ring (bicyclic) bond motifs is 2. The summed E-state index contributed by atoms with van der Waals surface area (Å²) in [6.07, 6.45) is 0. The molecule has 7 aromatic carbocycles.